The van der Waals surface area contributed by atoms with Crippen molar-refractivity contribution in [1.29, 1.82) is 0 Å². The third-order valence-electron chi connectivity index (χ3n) is 3.49. The minimum absolute atomic E-state index is 0.0678. The average molecular weight is 360 g/mol. The number of rotatable bonds is 6. The van der Waals surface area contributed by atoms with E-state index >= 15 is 0 Å². The Hall–Kier alpha value is -2.34. The van der Waals surface area contributed by atoms with E-state index < -0.39 is 10.0 Å². The molecule has 6 heteroatoms. The van der Waals surface area contributed by atoms with Gasteiger partial charge in [0.25, 0.3) is 10.0 Å². The number of hydrogen-bond donors (Lipinski definition) is 1. The first kappa shape index (κ1) is 19.0. The number of hydrogen-bond acceptors (Lipinski definition) is 4. The van der Waals surface area contributed by atoms with Crippen molar-refractivity contribution in [2.75, 3.05) is 0 Å². The van der Waals surface area contributed by atoms with Crippen molar-refractivity contribution in [3.8, 4) is 5.75 Å². The molecule has 0 saturated heterocycles. The number of sulfonamides is 1. The monoisotopic (exact) mass is 360 g/mol. The zero-order chi connectivity index (χ0) is 18.6. The highest BCUT2D eigenvalue weighted by Gasteiger charge is 2.19. The molecule has 0 bridgehead atoms. The molecule has 2 aromatic carbocycles. The SMILES string of the molecule is Cc1cc(C)c(S(=O)(=O)N/N=C/c2cccc(OC(C)C)c2)c(C)c1. The maximum Gasteiger partial charge on any atom is 0.277 e. The summed E-state index contributed by atoms with van der Waals surface area (Å²) in [4.78, 5) is 2.56. The van der Waals surface area contributed by atoms with E-state index in [0.717, 1.165) is 11.1 Å². The molecule has 2 aromatic rings. The molecule has 0 amide bonds. The molecule has 0 unspecified atom stereocenters. The van der Waals surface area contributed by atoms with Crippen molar-refractivity contribution in [1.82, 2.24) is 4.83 Å². The molecule has 134 valence electrons. The maximum atomic E-state index is 12.5. The Labute approximate surface area is 149 Å². The van der Waals surface area contributed by atoms with Crippen LogP contribution in [-0.4, -0.2) is 20.7 Å². The molecule has 25 heavy (non-hydrogen) atoms. The van der Waals surface area contributed by atoms with Gasteiger partial charge in [-0.05, 0) is 63.4 Å². The number of ether oxygens (including phenoxy) is 1. The number of nitrogens with one attached hydrogen (secondary N) is 1. The molecule has 0 fully saturated rings. The molecule has 0 aliphatic rings. The minimum atomic E-state index is -3.72. The molecule has 2 rings (SSSR count). The Balaban J connectivity index is 2.19. The fraction of sp³-hybridized carbons (Fsp3) is 0.316. The first-order valence-electron chi connectivity index (χ1n) is 8.08. The van der Waals surface area contributed by atoms with Crippen LogP contribution in [0.1, 0.15) is 36.1 Å². The van der Waals surface area contributed by atoms with Crippen LogP contribution in [0.25, 0.3) is 0 Å². The minimum Gasteiger partial charge on any atom is -0.491 e. The lowest BCUT2D eigenvalue weighted by Gasteiger charge is -2.11. The molecule has 1 N–H and O–H groups in total. The molecule has 0 saturated carbocycles. The maximum absolute atomic E-state index is 12.5. The normalized spacial score (nSPS) is 11.9. The van der Waals surface area contributed by atoms with Crippen LogP contribution in [-0.2, 0) is 10.0 Å². The first-order valence-corrected chi connectivity index (χ1v) is 9.57. The largest absolute Gasteiger partial charge is 0.491 e. The quantitative estimate of drug-likeness (QED) is 0.631. The van der Waals surface area contributed by atoms with Gasteiger partial charge in [0, 0.05) is 0 Å². The summed E-state index contributed by atoms with van der Waals surface area (Å²) in [6.07, 6.45) is 1.53. The summed E-state index contributed by atoms with van der Waals surface area (Å²) in [7, 11) is -3.72. The van der Waals surface area contributed by atoms with Crippen molar-refractivity contribution in [3.63, 3.8) is 0 Å². The number of benzene rings is 2. The lowest BCUT2D eigenvalue weighted by Crippen LogP contribution is -2.20. The predicted octanol–water partition coefficient (Wildman–Crippen LogP) is 3.71. The van der Waals surface area contributed by atoms with E-state index in [2.05, 4.69) is 9.93 Å². The van der Waals surface area contributed by atoms with E-state index in [-0.39, 0.29) is 11.0 Å². The Bertz CT molecular complexity index is 864. The van der Waals surface area contributed by atoms with Gasteiger partial charge in [-0.2, -0.15) is 13.5 Å². The second kappa shape index (κ2) is 7.70. The third kappa shape index (κ3) is 5.06. The topological polar surface area (TPSA) is 67.8 Å². The highest BCUT2D eigenvalue weighted by atomic mass is 32.2. The number of nitrogens with zero attached hydrogens (tertiary/aromatic N) is 1. The zero-order valence-electron chi connectivity index (χ0n) is 15.2. The van der Waals surface area contributed by atoms with Gasteiger partial charge in [-0.1, -0.05) is 29.8 Å². The van der Waals surface area contributed by atoms with Crippen LogP contribution in [0.4, 0.5) is 0 Å². The van der Waals surface area contributed by atoms with Gasteiger partial charge in [0.1, 0.15) is 5.75 Å². The van der Waals surface area contributed by atoms with Crippen LogP contribution < -0.4 is 9.57 Å². The van der Waals surface area contributed by atoms with E-state index in [0.29, 0.717) is 16.9 Å². The van der Waals surface area contributed by atoms with Gasteiger partial charge in [0.15, 0.2) is 0 Å². The standard InChI is InChI=1S/C19H24N2O3S/c1-13(2)24-18-8-6-7-17(11-18)12-20-21-25(22,23)19-15(4)9-14(3)10-16(19)5/h6-13,21H,1-5H3/b20-12+. The molecule has 0 aliphatic carbocycles. The van der Waals surface area contributed by atoms with Gasteiger partial charge in [-0.25, -0.2) is 4.83 Å². The van der Waals surface area contributed by atoms with Crippen LogP contribution in [0.5, 0.6) is 5.75 Å². The van der Waals surface area contributed by atoms with E-state index in [9.17, 15) is 8.42 Å². The van der Waals surface area contributed by atoms with Crippen LogP contribution in [0.3, 0.4) is 0 Å². The summed E-state index contributed by atoms with van der Waals surface area (Å²) in [5.41, 5.74) is 3.18. The molecular formula is C19H24N2O3S. The van der Waals surface area contributed by atoms with E-state index in [1.165, 1.54) is 6.21 Å². The summed E-state index contributed by atoms with van der Waals surface area (Å²) >= 11 is 0. The van der Waals surface area contributed by atoms with Gasteiger partial charge in [0.05, 0.1) is 17.2 Å². The smallest absolute Gasteiger partial charge is 0.277 e. The highest BCUT2D eigenvalue weighted by molar-refractivity contribution is 7.89. The summed E-state index contributed by atoms with van der Waals surface area (Å²) in [6.45, 7) is 9.40. The van der Waals surface area contributed by atoms with Crippen molar-refractivity contribution >= 4 is 16.2 Å². The van der Waals surface area contributed by atoms with E-state index in [4.69, 9.17) is 4.74 Å². The predicted molar refractivity (Wildman–Crippen MR) is 101 cm³/mol. The summed E-state index contributed by atoms with van der Waals surface area (Å²) in [6, 6.07) is 11.0. The summed E-state index contributed by atoms with van der Waals surface area (Å²) in [5, 5.41) is 3.90. The van der Waals surface area contributed by atoms with Crippen LogP contribution in [0.15, 0.2) is 46.4 Å². The number of aryl methyl sites for hydroxylation is 3. The van der Waals surface area contributed by atoms with E-state index in [1.54, 1.807) is 19.9 Å². The van der Waals surface area contributed by atoms with Gasteiger partial charge in [0.2, 0.25) is 0 Å². The second-order valence-corrected chi connectivity index (χ2v) is 7.92. The summed E-state index contributed by atoms with van der Waals surface area (Å²) in [5.74, 6) is 0.715. The fourth-order valence-corrected chi connectivity index (χ4v) is 4.00. The molecule has 0 spiro atoms. The third-order valence-corrected chi connectivity index (χ3v) is 5.02. The van der Waals surface area contributed by atoms with Gasteiger partial charge < -0.3 is 4.74 Å². The van der Waals surface area contributed by atoms with Gasteiger partial charge in [-0.15, -0.1) is 0 Å². The molecule has 0 aromatic heterocycles. The van der Waals surface area contributed by atoms with Gasteiger partial charge >= 0.3 is 0 Å². The first-order chi connectivity index (χ1) is 11.7. The fourth-order valence-electron chi connectivity index (χ4n) is 2.75. The van der Waals surface area contributed by atoms with Crippen LogP contribution >= 0.6 is 0 Å². The zero-order valence-corrected chi connectivity index (χ0v) is 16.0. The molecule has 0 radical (unpaired) electrons. The average Bonchev–Trinajstić information content (AvgIpc) is 2.45. The molecule has 5 nitrogen and oxygen atoms in total. The van der Waals surface area contributed by atoms with Crippen LogP contribution in [0.2, 0.25) is 0 Å². The Morgan fingerprint density at radius 2 is 1.72 bits per heavy atom. The molecule has 0 heterocycles. The molecular weight excluding hydrogens is 336 g/mol. The Morgan fingerprint density at radius 1 is 1.08 bits per heavy atom. The lowest BCUT2D eigenvalue weighted by molar-refractivity contribution is 0.242. The summed E-state index contributed by atoms with van der Waals surface area (Å²) < 4.78 is 30.7. The van der Waals surface area contributed by atoms with Crippen molar-refractivity contribution < 1.29 is 13.2 Å². The molecule has 0 aliphatic heterocycles. The van der Waals surface area contributed by atoms with Crippen molar-refractivity contribution in [3.05, 3.63) is 58.7 Å². The lowest BCUT2D eigenvalue weighted by atomic mass is 10.1. The number of hydrazone groups is 1. The Kier molecular flexibility index (Phi) is 5.85. The van der Waals surface area contributed by atoms with Crippen LogP contribution in [0, 0.1) is 20.8 Å². The second-order valence-electron chi connectivity index (χ2n) is 6.32. The highest BCUT2D eigenvalue weighted by Crippen LogP contribution is 2.21. The van der Waals surface area contributed by atoms with Crippen molar-refractivity contribution in [2.45, 2.75) is 45.6 Å². The Morgan fingerprint density at radius 3 is 2.32 bits per heavy atom. The molecule has 0 atom stereocenters. The van der Waals surface area contributed by atoms with Gasteiger partial charge in [-0.3, -0.25) is 0 Å². The van der Waals surface area contributed by atoms with Crippen molar-refractivity contribution in [2.24, 2.45) is 5.10 Å². The van der Waals surface area contributed by atoms with E-state index in [1.807, 2.05) is 51.1 Å².